The number of methoxy groups -OCH3 is 1. The van der Waals surface area contributed by atoms with E-state index in [1.54, 1.807) is 17.9 Å². The number of ether oxygens (including phenoxy) is 1. The quantitative estimate of drug-likeness (QED) is 0.593. The van der Waals surface area contributed by atoms with Crippen LogP contribution in [-0.2, 0) is 40.6 Å². The van der Waals surface area contributed by atoms with Gasteiger partial charge in [0, 0.05) is 45.3 Å². The zero-order valence-electron chi connectivity index (χ0n) is 16.0. The highest BCUT2D eigenvalue weighted by atomic mass is 32.2. The van der Waals surface area contributed by atoms with Crippen LogP contribution in [0.3, 0.4) is 0 Å². The van der Waals surface area contributed by atoms with E-state index in [9.17, 15) is 8.42 Å². The Morgan fingerprint density at radius 1 is 1.35 bits per heavy atom. The molecule has 26 heavy (non-hydrogen) atoms. The molecule has 0 aliphatic rings. The summed E-state index contributed by atoms with van der Waals surface area (Å²) in [5.74, 6) is 0. The number of aryl methyl sites for hydroxylation is 1. The molecule has 0 saturated carbocycles. The molecule has 0 saturated heterocycles. The largest absolute Gasteiger partial charge is 0.385 e. The van der Waals surface area contributed by atoms with E-state index in [0.717, 1.165) is 36.3 Å². The van der Waals surface area contributed by atoms with Crippen LogP contribution in [0.5, 0.6) is 0 Å². The number of hydrogen-bond acceptors (Lipinski definition) is 6. The number of hydrogen-bond donors (Lipinski definition) is 1. The average molecular weight is 384 g/mol. The van der Waals surface area contributed by atoms with Gasteiger partial charge in [-0.05, 0) is 26.0 Å². The van der Waals surface area contributed by atoms with Crippen molar-refractivity contribution in [1.29, 1.82) is 0 Å². The summed E-state index contributed by atoms with van der Waals surface area (Å²) in [6, 6.07) is 2.08. The van der Waals surface area contributed by atoms with Gasteiger partial charge in [-0.25, -0.2) is 13.4 Å². The zero-order chi connectivity index (χ0) is 19.2. The van der Waals surface area contributed by atoms with E-state index in [1.807, 2.05) is 7.05 Å². The van der Waals surface area contributed by atoms with Gasteiger partial charge in [0.05, 0.1) is 17.6 Å². The summed E-state index contributed by atoms with van der Waals surface area (Å²) in [7, 11) is 0.258. The van der Waals surface area contributed by atoms with Gasteiger partial charge < -0.3 is 9.30 Å². The molecule has 0 aliphatic carbocycles. The second-order valence-electron chi connectivity index (χ2n) is 6.61. The van der Waals surface area contributed by atoms with Crippen LogP contribution in [0.25, 0.3) is 0 Å². The first-order chi connectivity index (χ1) is 12.3. The van der Waals surface area contributed by atoms with E-state index < -0.39 is 9.84 Å². The van der Waals surface area contributed by atoms with Crippen molar-refractivity contribution in [3.05, 3.63) is 29.3 Å². The van der Waals surface area contributed by atoms with Gasteiger partial charge in [-0.3, -0.25) is 10.00 Å². The Morgan fingerprint density at radius 2 is 2.12 bits per heavy atom. The molecule has 1 N–H and O–H groups in total. The summed E-state index contributed by atoms with van der Waals surface area (Å²) in [6.45, 7) is 4.56. The molecule has 0 bridgehead atoms. The third-order valence-corrected chi connectivity index (χ3v) is 5.01. The second-order valence-corrected chi connectivity index (χ2v) is 8.52. The molecule has 0 fully saturated rings. The standard InChI is InChI=1S/C17H29N5O3S/c1-5-7-14-10-15(20-19-14)12-21(2)13-16-11-18-17(26(4,23)24)22(16)8-6-9-25-3/h10-11H,5-9,12-13H2,1-4H3,(H,19,20). The average Bonchev–Trinajstić information content (AvgIpc) is 3.15. The first-order valence-electron chi connectivity index (χ1n) is 8.80. The zero-order valence-corrected chi connectivity index (χ0v) is 16.8. The fourth-order valence-electron chi connectivity index (χ4n) is 2.92. The maximum absolute atomic E-state index is 12.0. The van der Waals surface area contributed by atoms with Crippen molar-refractivity contribution in [2.24, 2.45) is 0 Å². The van der Waals surface area contributed by atoms with Crippen molar-refractivity contribution < 1.29 is 13.2 Å². The first kappa shape index (κ1) is 20.6. The molecule has 2 heterocycles. The molecule has 0 amide bonds. The van der Waals surface area contributed by atoms with Crippen LogP contribution in [0.1, 0.15) is 36.8 Å². The SMILES string of the molecule is CCCc1cc(CN(C)Cc2cnc(S(C)(=O)=O)n2CCCOC)[nH]n1. The van der Waals surface area contributed by atoms with Gasteiger partial charge in [-0.15, -0.1) is 0 Å². The second kappa shape index (κ2) is 9.29. The van der Waals surface area contributed by atoms with Crippen LogP contribution in [-0.4, -0.2) is 60.1 Å². The number of aromatic amines is 1. The van der Waals surface area contributed by atoms with Gasteiger partial charge in [-0.2, -0.15) is 5.10 Å². The molecule has 2 aromatic rings. The fourth-order valence-corrected chi connectivity index (χ4v) is 3.77. The highest BCUT2D eigenvalue weighted by Gasteiger charge is 2.19. The van der Waals surface area contributed by atoms with Gasteiger partial charge >= 0.3 is 0 Å². The van der Waals surface area contributed by atoms with E-state index in [0.29, 0.717) is 26.2 Å². The maximum atomic E-state index is 12.0. The van der Waals surface area contributed by atoms with Crippen molar-refractivity contribution in [3.8, 4) is 0 Å². The van der Waals surface area contributed by atoms with Crippen LogP contribution in [0.15, 0.2) is 17.4 Å². The predicted octanol–water partition coefficient (Wildman–Crippen LogP) is 1.63. The van der Waals surface area contributed by atoms with E-state index in [2.05, 4.69) is 33.1 Å². The summed E-state index contributed by atoms with van der Waals surface area (Å²) >= 11 is 0. The molecule has 0 unspecified atom stereocenters. The maximum Gasteiger partial charge on any atom is 0.227 e. The van der Waals surface area contributed by atoms with Crippen LogP contribution in [0, 0.1) is 0 Å². The van der Waals surface area contributed by atoms with Crippen LogP contribution >= 0.6 is 0 Å². The highest BCUT2D eigenvalue weighted by Crippen LogP contribution is 2.15. The molecule has 2 aromatic heterocycles. The van der Waals surface area contributed by atoms with E-state index in [-0.39, 0.29) is 5.16 Å². The minimum absolute atomic E-state index is 0.115. The van der Waals surface area contributed by atoms with Crippen LogP contribution in [0.2, 0.25) is 0 Å². The topological polar surface area (TPSA) is 93.1 Å². The third-order valence-electron chi connectivity index (χ3n) is 4.03. The monoisotopic (exact) mass is 383 g/mol. The first-order valence-corrected chi connectivity index (χ1v) is 10.7. The number of sulfone groups is 1. The molecule has 0 aliphatic heterocycles. The summed E-state index contributed by atoms with van der Waals surface area (Å²) in [6.07, 6.45) is 5.59. The summed E-state index contributed by atoms with van der Waals surface area (Å²) in [5.41, 5.74) is 2.99. The Kier molecular flexibility index (Phi) is 7.36. The molecule has 0 radical (unpaired) electrons. The molecule has 9 heteroatoms. The van der Waals surface area contributed by atoms with Crippen molar-refractivity contribution in [2.75, 3.05) is 27.0 Å². The van der Waals surface area contributed by atoms with E-state index in [4.69, 9.17) is 4.74 Å². The lowest BCUT2D eigenvalue weighted by atomic mass is 10.2. The van der Waals surface area contributed by atoms with E-state index >= 15 is 0 Å². The van der Waals surface area contributed by atoms with Crippen molar-refractivity contribution in [1.82, 2.24) is 24.6 Å². The Balaban J connectivity index is 2.09. The fraction of sp³-hybridized carbons (Fsp3) is 0.647. The molecule has 8 nitrogen and oxygen atoms in total. The number of H-pyrrole nitrogens is 1. The Bertz CT molecular complexity index is 797. The number of aromatic nitrogens is 4. The third kappa shape index (κ3) is 5.65. The highest BCUT2D eigenvalue weighted by molar-refractivity contribution is 7.90. The lowest BCUT2D eigenvalue weighted by Crippen LogP contribution is -2.21. The number of nitrogens with zero attached hydrogens (tertiary/aromatic N) is 4. The number of nitrogens with one attached hydrogen (secondary N) is 1. The van der Waals surface area contributed by atoms with Crippen molar-refractivity contribution in [2.45, 2.75) is 51.0 Å². The van der Waals surface area contributed by atoms with Gasteiger partial charge in [0.2, 0.25) is 15.0 Å². The smallest absolute Gasteiger partial charge is 0.227 e. The molecular formula is C17H29N5O3S. The van der Waals surface area contributed by atoms with Crippen LogP contribution < -0.4 is 0 Å². The van der Waals surface area contributed by atoms with Gasteiger partial charge in [-0.1, -0.05) is 13.3 Å². The van der Waals surface area contributed by atoms with Crippen LogP contribution in [0.4, 0.5) is 0 Å². The minimum atomic E-state index is -3.37. The van der Waals surface area contributed by atoms with E-state index in [1.165, 1.54) is 6.26 Å². The molecule has 146 valence electrons. The molecule has 2 rings (SSSR count). The Hall–Kier alpha value is -1.71. The van der Waals surface area contributed by atoms with Gasteiger partial charge in [0.1, 0.15) is 0 Å². The van der Waals surface area contributed by atoms with Crippen molar-refractivity contribution >= 4 is 9.84 Å². The summed E-state index contributed by atoms with van der Waals surface area (Å²) in [4.78, 5) is 6.25. The summed E-state index contributed by atoms with van der Waals surface area (Å²) in [5, 5.41) is 7.49. The van der Waals surface area contributed by atoms with Gasteiger partial charge in [0.15, 0.2) is 0 Å². The Labute approximate surface area is 155 Å². The molecule has 0 aromatic carbocycles. The lowest BCUT2D eigenvalue weighted by Gasteiger charge is -2.17. The minimum Gasteiger partial charge on any atom is -0.385 e. The Morgan fingerprint density at radius 3 is 2.77 bits per heavy atom. The number of imidazole rings is 1. The molecule has 0 spiro atoms. The lowest BCUT2D eigenvalue weighted by molar-refractivity contribution is 0.188. The molecular weight excluding hydrogens is 354 g/mol. The molecule has 0 atom stereocenters. The summed E-state index contributed by atoms with van der Waals surface area (Å²) < 4.78 is 30.9. The predicted molar refractivity (Wildman–Crippen MR) is 99.6 cm³/mol. The normalized spacial score (nSPS) is 12.2. The van der Waals surface area contributed by atoms with Crippen molar-refractivity contribution in [3.63, 3.8) is 0 Å². The number of rotatable bonds is 11. The van der Waals surface area contributed by atoms with Gasteiger partial charge in [0.25, 0.3) is 0 Å².